The molecule has 1 heterocycles. The highest BCUT2D eigenvalue weighted by atomic mass is 79.9. The molecule has 1 unspecified atom stereocenters. The molecule has 0 spiro atoms. The second kappa shape index (κ2) is 6.46. The minimum Gasteiger partial charge on any atom is -0.496 e. The maximum atomic E-state index is 12.3. The number of rotatable bonds is 4. The van der Waals surface area contributed by atoms with Crippen molar-refractivity contribution in [1.82, 2.24) is 4.90 Å². The van der Waals surface area contributed by atoms with Gasteiger partial charge in [-0.1, -0.05) is 0 Å². The highest BCUT2D eigenvalue weighted by molar-refractivity contribution is 9.10. The van der Waals surface area contributed by atoms with E-state index >= 15 is 0 Å². The Bertz CT molecular complexity index is 644. The van der Waals surface area contributed by atoms with E-state index in [0.29, 0.717) is 17.9 Å². The third-order valence-electron chi connectivity index (χ3n) is 3.63. The highest BCUT2D eigenvalue weighted by Gasteiger charge is 2.29. The fraction of sp³-hybridized carbons (Fsp3) is 0.500. The number of benzene rings is 1. The van der Waals surface area contributed by atoms with Gasteiger partial charge in [-0.3, -0.25) is 9.69 Å². The summed E-state index contributed by atoms with van der Waals surface area (Å²) >= 11 is 3.36. The van der Waals surface area contributed by atoms with E-state index in [1.54, 1.807) is 25.3 Å². The number of Topliss-reactive ketones (excluding diaryl/α,β-unsaturated/α-hetero) is 1. The fourth-order valence-corrected chi connectivity index (χ4v) is 4.55. The zero-order valence-electron chi connectivity index (χ0n) is 12.0. The van der Waals surface area contributed by atoms with Crippen LogP contribution in [0.25, 0.3) is 0 Å². The van der Waals surface area contributed by atoms with Crippen molar-refractivity contribution >= 4 is 31.6 Å². The van der Waals surface area contributed by atoms with Gasteiger partial charge in [-0.15, -0.1) is 0 Å². The van der Waals surface area contributed by atoms with E-state index in [9.17, 15) is 13.2 Å². The number of nitrogens with zero attached hydrogens (tertiary/aromatic N) is 1. The van der Waals surface area contributed by atoms with E-state index in [0.717, 1.165) is 4.47 Å². The molecule has 1 aromatic carbocycles. The van der Waals surface area contributed by atoms with Crippen molar-refractivity contribution in [2.75, 3.05) is 31.7 Å². The molecule has 1 saturated heterocycles. The Morgan fingerprint density at radius 2 is 2.19 bits per heavy atom. The molecule has 0 aromatic heterocycles. The molecule has 0 bridgehead atoms. The van der Waals surface area contributed by atoms with Gasteiger partial charge in [0.2, 0.25) is 0 Å². The van der Waals surface area contributed by atoms with Gasteiger partial charge in [0.15, 0.2) is 15.6 Å². The lowest BCUT2D eigenvalue weighted by Crippen LogP contribution is -2.48. The molecule has 5 nitrogen and oxygen atoms in total. The van der Waals surface area contributed by atoms with Gasteiger partial charge in [0.05, 0.1) is 29.6 Å². The first-order valence-corrected chi connectivity index (χ1v) is 9.25. The molecule has 0 saturated carbocycles. The second-order valence-corrected chi connectivity index (χ2v) is 8.29. The van der Waals surface area contributed by atoms with Crippen LogP contribution in [0, 0.1) is 0 Å². The zero-order chi connectivity index (χ0) is 15.6. The number of carbonyl (C=O) groups is 1. The Hall–Kier alpha value is -0.920. The summed E-state index contributed by atoms with van der Waals surface area (Å²) in [5.41, 5.74) is 0.586. The first-order chi connectivity index (χ1) is 9.82. The van der Waals surface area contributed by atoms with Crippen molar-refractivity contribution in [1.29, 1.82) is 0 Å². The third kappa shape index (κ3) is 4.05. The fourth-order valence-electron chi connectivity index (χ4n) is 2.38. The third-order valence-corrected chi connectivity index (χ3v) is 6.04. The summed E-state index contributed by atoms with van der Waals surface area (Å²) in [4.78, 5) is 14.2. The van der Waals surface area contributed by atoms with Crippen LogP contribution in [-0.2, 0) is 9.84 Å². The van der Waals surface area contributed by atoms with Crippen molar-refractivity contribution in [3.63, 3.8) is 0 Å². The van der Waals surface area contributed by atoms with Crippen LogP contribution in [0.1, 0.15) is 17.3 Å². The molecular weight excluding hydrogens is 358 g/mol. The van der Waals surface area contributed by atoms with Crippen LogP contribution in [-0.4, -0.2) is 56.8 Å². The molecule has 1 aromatic rings. The van der Waals surface area contributed by atoms with Crippen LogP contribution in [0.5, 0.6) is 5.75 Å². The van der Waals surface area contributed by atoms with Gasteiger partial charge in [-0.25, -0.2) is 8.42 Å². The van der Waals surface area contributed by atoms with Gasteiger partial charge in [0.25, 0.3) is 0 Å². The van der Waals surface area contributed by atoms with Crippen molar-refractivity contribution in [3.05, 3.63) is 28.2 Å². The van der Waals surface area contributed by atoms with Gasteiger partial charge < -0.3 is 4.74 Å². The average Bonchev–Trinajstić information content (AvgIpc) is 2.41. The number of ketones is 1. The monoisotopic (exact) mass is 375 g/mol. The van der Waals surface area contributed by atoms with Crippen LogP contribution >= 0.6 is 15.9 Å². The molecule has 0 aliphatic carbocycles. The maximum Gasteiger partial charge on any atom is 0.176 e. The van der Waals surface area contributed by atoms with Crippen LogP contribution in [0.4, 0.5) is 0 Å². The molecule has 0 N–H and O–H groups in total. The van der Waals surface area contributed by atoms with E-state index in [-0.39, 0.29) is 29.9 Å². The lowest BCUT2D eigenvalue weighted by molar-refractivity contribution is 0.0908. The van der Waals surface area contributed by atoms with E-state index in [1.807, 2.05) is 11.8 Å². The normalized spacial score (nSPS) is 22.0. The quantitative estimate of drug-likeness (QED) is 0.750. The Labute approximate surface area is 133 Å². The lowest BCUT2D eigenvalue weighted by Gasteiger charge is -2.32. The molecule has 1 fully saturated rings. The molecule has 0 radical (unpaired) electrons. The Balaban J connectivity index is 2.06. The molecule has 7 heteroatoms. The van der Waals surface area contributed by atoms with Gasteiger partial charge in [0.1, 0.15) is 5.75 Å². The van der Waals surface area contributed by atoms with Crippen LogP contribution in [0.3, 0.4) is 0 Å². The molecule has 1 aliphatic heterocycles. The molecule has 2 rings (SSSR count). The average molecular weight is 376 g/mol. The molecule has 116 valence electrons. The van der Waals surface area contributed by atoms with Crippen LogP contribution in [0.15, 0.2) is 22.7 Å². The standard InChI is InChI=1S/C14H18BrNO4S/c1-10-9-21(18,19)6-5-16(10)8-13(17)11-3-4-14(20-2)12(15)7-11/h3-4,7,10H,5-6,8-9H2,1-2H3. The molecule has 0 amide bonds. The summed E-state index contributed by atoms with van der Waals surface area (Å²) in [6, 6.07) is 5.06. The van der Waals surface area contributed by atoms with Gasteiger partial charge in [-0.05, 0) is 41.1 Å². The van der Waals surface area contributed by atoms with E-state index in [4.69, 9.17) is 4.74 Å². The number of halogens is 1. The first-order valence-electron chi connectivity index (χ1n) is 6.63. The Morgan fingerprint density at radius 3 is 2.76 bits per heavy atom. The lowest BCUT2D eigenvalue weighted by atomic mass is 10.1. The number of hydrogen-bond acceptors (Lipinski definition) is 5. The predicted octanol–water partition coefficient (Wildman–Crippen LogP) is 1.76. The van der Waals surface area contributed by atoms with Gasteiger partial charge >= 0.3 is 0 Å². The summed E-state index contributed by atoms with van der Waals surface area (Å²) in [7, 11) is -1.39. The minimum atomic E-state index is -2.96. The van der Waals surface area contributed by atoms with Crippen molar-refractivity contribution < 1.29 is 17.9 Å². The largest absolute Gasteiger partial charge is 0.496 e. The number of sulfone groups is 1. The maximum absolute atomic E-state index is 12.3. The van der Waals surface area contributed by atoms with Gasteiger partial charge in [-0.2, -0.15) is 0 Å². The van der Waals surface area contributed by atoms with Crippen molar-refractivity contribution in [3.8, 4) is 5.75 Å². The summed E-state index contributed by atoms with van der Waals surface area (Å²) < 4.78 is 29.0. The Kier molecular flexibility index (Phi) is 5.06. The van der Waals surface area contributed by atoms with Crippen molar-refractivity contribution in [2.24, 2.45) is 0 Å². The van der Waals surface area contributed by atoms with Crippen LogP contribution < -0.4 is 4.74 Å². The summed E-state index contributed by atoms with van der Waals surface area (Å²) in [6.45, 7) is 2.48. The SMILES string of the molecule is COc1ccc(C(=O)CN2CCS(=O)(=O)CC2C)cc1Br. The molecular formula is C14H18BrNO4S. The van der Waals surface area contributed by atoms with E-state index in [1.165, 1.54) is 0 Å². The number of hydrogen-bond donors (Lipinski definition) is 0. The van der Waals surface area contributed by atoms with Gasteiger partial charge in [0, 0.05) is 18.2 Å². The predicted molar refractivity (Wildman–Crippen MR) is 84.7 cm³/mol. The number of ether oxygens (including phenoxy) is 1. The summed E-state index contributed by atoms with van der Waals surface area (Å²) in [5.74, 6) is 0.886. The Morgan fingerprint density at radius 1 is 1.48 bits per heavy atom. The summed E-state index contributed by atoms with van der Waals surface area (Å²) in [6.07, 6.45) is 0. The number of carbonyl (C=O) groups excluding carboxylic acids is 1. The highest BCUT2D eigenvalue weighted by Crippen LogP contribution is 2.26. The van der Waals surface area contributed by atoms with E-state index in [2.05, 4.69) is 15.9 Å². The molecule has 1 aliphatic rings. The topological polar surface area (TPSA) is 63.7 Å². The van der Waals surface area contributed by atoms with Crippen molar-refractivity contribution in [2.45, 2.75) is 13.0 Å². The van der Waals surface area contributed by atoms with E-state index < -0.39 is 9.84 Å². The first kappa shape index (κ1) is 16.5. The zero-order valence-corrected chi connectivity index (χ0v) is 14.4. The smallest absolute Gasteiger partial charge is 0.176 e. The molecule has 1 atom stereocenters. The number of methoxy groups -OCH3 is 1. The minimum absolute atomic E-state index is 0.0236. The molecule has 21 heavy (non-hydrogen) atoms. The van der Waals surface area contributed by atoms with Crippen LogP contribution in [0.2, 0.25) is 0 Å². The second-order valence-electron chi connectivity index (χ2n) is 5.21. The summed E-state index contributed by atoms with van der Waals surface area (Å²) in [5, 5.41) is 0.